The molecule has 0 fully saturated rings. The molecule has 1 atom stereocenters. The van der Waals surface area contributed by atoms with Gasteiger partial charge in [0.05, 0.1) is 31.1 Å². The van der Waals surface area contributed by atoms with Crippen LogP contribution in [0.3, 0.4) is 0 Å². The molecule has 29 heavy (non-hydrogen) atoms. The van der Waals surface area contributed by atoms with Crippen LogP contribution < -0.4 is 18.9 Å². The van der Waals surface area contributed by atoms with Gasteiger partial charge in [0, 0.05) is 19.4 Å². The van der Waals surface area contributed by atoms with Gasteiger partial charge >= 0.3 is 11.9 Å². The molecule has 1 N–H and O–H groups in total. The Morgan fingerprint density at radius 1 is 0.931 bits per heavy atom. The molecule has 0 saturated heterocycles. The van der Waals surface area contributed by atoms with Crippen LogP contribution in [-0.4, -0.2) is 31.3 Å². The minimum absolute atomic E-state index is 0.133. The number of ether oxygens (including phenoxy) is 4. The molecule has 0 spiro atoms. The summed E-state index contributed by atoms with van der Waals surface area (Å²) in [4.78, 5) is 23.6. The topological polar surface area (TPSA) is 91.3 Å². The van der Waals surface area contributed by atoms with Crippen molar-refractivity contribution < 1.29 is 33.6 Å². The second-order valence-electron chi connectivity index (χ2n) is 6.73. The van der Waals surface area contributed by atoms with E-state index in [1.54, 1.807) is 12.1 Å². The molecule has 2 rings (SSSR count). The van der Waals surface area contributed by atoms with E-state index in [4.69, 9.17) is 18.9 Å². The Balaban J connectivity index is 2.95. The molecule has 0 aliphatic heterocycles. The van der Waals surface area contributed by atoms with Crippen LogP contribution in [0.4, 0.5) is 0 Å². The van der Waals surface area contributed by atoms with Crippen LogP contribution in [-0.2, 0) is 9.59 Å². The van der Waals surface area contributed by atoms with Gasteiger partial charge in [0.25, 0.3) is 0 Å². The number of allylic oxidation sites excluding steroid dienone is 1. The highest BCUT2D eigenvalue weighted by molar-refractivity contribution is 6.04. The Labute approximate surface area is 169 Å². The van der Waals surface area contributed by atoms with Gasteiger partial charge in [-0.05, 0) is 38.5 Å². The third kappa shape index (κ3) is 5.06. The standard InChI is InChI=1S/C22H26O7/c1-12(2)7-8-16(25)15-11-19(28-13(3)23)20-17(26-5)9-10-18(27-6)21(20)22(15)29-14(4)24/h7,9-11,16,25H,8H2,1-6H3. The fraction of sp³-hybridized carbons (Fsp3) is 0.364. The zero-order valence-corrected chi connectivity index (χ0v) is 17.5. The van der Waals surface area contributed by atoms with Gasteiger partial charge in [-0.25, -0.2) is 0 Å². The van der Waals surface area contributed by atoms with Crippen LogP contribution in [0.1, 0.15) is 45.8 Å². The lowest BCUT2D eigenvalue weighted by Gasteiger charge is -2.21. The second-order valence-corrected chi connectivity index (χ2v) is 6.73. The van der Waals surface area contributed by atoms with Gasteiger partial charge in [0.1, 0.15) is 23.0 Å². The molecule has 2 aromatic carbocycles. The van der Waals surface area contributed by atoms with Crippen molar-refractivity contribution in [3.63, 3.8) is 0 Å². The van der Waals surface area contributed by atoms with Crippen LogP contribution in [0.25, 0.3) is 10.8 Å². The first-order valence-electron chi connectivity index (χ1n) is 9.09. The Morgan fingerprint density at radius 3 is 1.97 bits per heavy atom. The first kappa shape index (κ1) is 22.2. The smallest absolute Gasteiger partial charge is 0.308 e. The lowest BCUT2D eigenvalue weighted by molar-refractivity contribution is -0.133. The van der Waals surface area contributed by atoms with Crippen LogP contribution >= 0.6 is 0 Å². The summed E-state index contributed by atoms with van der Waals surface area (Å²) in [6.45, 7) is 6.37. The van der Waals surface area contributed by atoms with Crippen LogP contribution in [0.5, 0.6) is 23.0 Å². The average Bonchev–Trinajstić information content (AvgIpc) is 2.65. The SMILES string of the molecule is COc1ccc(OC)c2c(OC(C)=O)c(C(O)CC=C(C)C)cc(OC(C)=O)c12. The average molecular weight is 402 g/mol. The number of carbonyl (C=O) groups excluding carboxylic acids is 2. The third-order valence-corrected chi connectivity index (χ3v) is 4.20. The van der Waals surface area contributed by atoms with Crippen LogP contribution in [0.2, 0.25) is 0 Å². The van der Waals surface area contributed by atoms with E-state index in [9.17, 15) is 14.7 Å². The molecule has 1 unspecified atom stereocenters. The minimum atomic E-state index is -1.01. The first-order valence-corrected chi connectivity index (χ1v) is 9.09. The first-order chi connectivity index (χ1) is 13.7. The van der Waals surface area contributed by atoms with Gasteiger partial charge in [-0.3, -0.25) is 9.59 Å². The van der Waals surface area contributed by atoms with Gasteiger partial charge in [-0.2, -0.15) is 0 Å². The second kappa shape index (κ2) is 9.43. The van der Waals surface area contributed by atoms with E-state index in [0.29, 0.717) is 27.8 Å². The monoisotopic (exact) mass is 402 g/mol. The van der Waals surface area contributed by atoms with Gasteiger partial charge in [0.15, 0.2) is 0 Å². The van der Waals surface area contributed by atoms with Crippen molar-refractivity contribution in [1.29, 1.82) is 0 Å². The summed E-state index contributed by atoms with van der Waals surface area (Å²) in [5, 5.41) is 11.6. The molecular formula is C22H26O7. The molecule has 2 aromatic rings. The predicted molar refractivity (Wildman–Crippen MR) is 109 cm³/mol. The predicted octanol–water partition coefficient (Wildman–Crippen LogP) is 4.10. The van der Waals surface area contributed by atoms with Gasteiger partial charge < -0.3 is 24.1 Å². The van der Waals surface area contributed by atoms with Gasteiger partial charge in [-0.15, -0.1) is 0 Å². The van der Waals surface area contributed by atoms with Crippen molar-refractivity contribution in [3.8, 4) is 23.0 Å². The molecule has 0 saturated carbocycles. The largest absolute Gasteiger partial charge is 0.496 e. The van der Waals surface area contributed by atoms with E-state index in [1.807, 2.05) is 19.9 Å². The van der Waals surface area contributed by atoms with Crippen LogP contribution in [0, 0.1) is 0 Å². The highest BCUT2D eigenvalue weighted by atomic mass is 16.5. The van der Waals surface area contributed by atoms with Crippen molar-refractivity contribution in [2.45, 2.75) is 40.2 Å². The number of fused-ring (bicyclic) bond motifs is 1. The Morgan fingerprint density at radius 2 is 1.48 bits per heavy atom. The number of rotatable bonds is 7. The zero-order valence-electron chi connectivity index (χ0n) is 17.5. The van der Waals surface area contributed by atoms with Gasteiger partial charge in [-0.1, -0.05) is 11.6 Å². The maximum atomic E-state index is 11.8. The van der Waals surface area contributed by atoms with E-state index in [1.165, 1.54) is 34.1 Å². The lowest BCUT2D eigenvalue weighted by atomic mass is 9.97. The number of hydrogen-bond acceptors (Lipinski definition) is 7. The summed E-state index contributed by atoms with van der Waals surface area (Å²) in [6, 6.07) is 4.80. The Kier molecular flexibility index (Phi) is 7.23. The number of methoxy groups -OCH3 is 2. The molecule has 7 heteroatoms. The number of benzene rings is 2. The number of aliphatic hydroxyl groups is 1. The highest BCUT2D eigenvalue weighted by Crippen LogP contribution is 2.48. The number of carbonyl (C=O) groups is 2. The fourth-order valence-electron chi connectivity index (χ4n) is 3.01. The van der Waals surface area contributed by atoms with Gasteiger partial charge in [0.2, 0.25) is 0 Å². The summed E-state index contributed by atoms with van der Waals surface area (Å²) in [5.41, 5.74) is 1.33. The third-order valence-electron chi connectivity index (χ3n) is 4.20. The Hall–Kier alpha value is -3.06. The molecule has 0 aromatic heterocycles. The molecule has 156 valence electrons. The van der Waals surface area contributed by atoms with E-state index in [2.05, 4.69) is 0 Å². The van der Waals surface area contributed by atoms with E-state index in [0.717, 1.165) is 5.57 Å². The highest BCUT2D eigenvalue weighted by Gasteiger charge is 2.26. The van der Waals surface area contributed by atoms with E-state index < -0.39 is 18.0 Å². The molecule has 0 aliphatic carbocycles. The Bertz CT molecular complexity index is 956. The molecule has 0 amide bonds. The fourth-order valence-corrected chi connectivity index (χ4v) is 3.01. The lowest BCUT2D eigenvalue weighted by Crippen LogP contribution is -2.10. The normalized spacial score (nSPS) is 11.6. The number of esters is 2. The maximum absolute atomic E-state index is 11.8. The molecule has 0 radical (unpaired) electrons. The summed E-state index contributed by atoms with van der Waals surface area (Å²) < 4.78 is 21.8. The van der Waals surface area contributed by atoms with E-state index in [-0.39, 0.29) is 17.9 Å². The maximum Gasteiger partial charge on any atom is 0.308 e. The molecule has 0 aliphatic rings. The molecular weight excluding hydrogens is 376 g/mol. The summed E-state index contributed by atoms with van der Waals surface area (Å²) >= 11 is 0. The van der Waals surface area contributed by atoms with Crippen LogP contribution in [0.15, 0.2) is 29.8 Å². The molecule has 7 nitrogen and oxygen atoms in total. The minimum Gasteiger partial charge on any atom is -0.496 e. The van der Waals surface area contributed by atoms with E-state index >= 15 is 0 Å². The number of aliphatic hydroxyl groups excluding tert-OH is 1. The van der Waals surface area contributed by atoms with Crippen molar-refractivity contribution >= 4 is 22.7 Å². The van der Waals surface area contributed by atoms with Crippen molar-refractivity contribution in [3.05, 3.63) is 35.4 Å². The molecule has 0 heterocycles. The van der Waals surface area contributed by atoms with Crippen molar-refractivity contribution in [2.75, 3.05) is 14.2 Å². The summed E-state index contributed by atoms with van der Waals surface area (Å²) in [7, 11) is 2.94. The zero-order chi connectivity index (χ0) is 21.7. The summed E-state index contributed by atoms with van der Waals surface area (Å²) in [5.74, 6) is -0.0232. The molecule has 0 bridgehead atoms. The number of hydrogen-bond donors (Lipinski definition) is 1. The van der Waals surface area contributed by atoms with Crippen molar-refractivity contribution in [2.24, 2.45) is 0 Å². The summed E-state index contributed by atoms with van der Waals surface area (Å²) in [6.07, 6.45) is 1.14. The van der Waals surface area contributed by atoms with Crippen molar-refractivity contribution in [1.82, 2.24) is 0 Å². The quantitative estimate of drug-likeness (QED) is 0.423.